The molecule has 1 unspecified atom stereocenters. The number of ketones is 1. The van der Waals surface area contributed by atoms with Gasteiger partial charge in [-0.2, -0.15) is 0 Å². The Kier molecular flexibility index (Phi) is 4.70. The molecule has 21 heavy (non-hydrogen) atoms. The van der Waals surface area contributed by atoms with Gasteiger partial charge < -0.3 is 10.5 Å². The number of hydrogen-bond donors (Lipinski definition) is 1. The van der Waals surface area contributed by atoms with Crippen LogP contribution in [0.3, 0.4) is 0 Å². The molecule has 2 rings (SSSR count). The van der Waals surface area contributed by atoms with Gasteiger partial charge in [0.05, 0.1) is 12.8 Å². The zero-order chi connectivity index (χ0) is 15.3. The Labute approximate surface area is 125 Å². The van der Waals surface area contributed by atoms with Gasteiger partial charge in [0.25, 0.3) is 0 Å². The summed E-state index contributed by atoms with van der Waals surface area (Å²) in [6.07, 6.45) is 4.02. The van der Waals surface area contributed by atoms with Gasteiger partial charge in [-0.25, -0.2) is 0 Å². The van der Waals surface area contributed by atoms with Crippen LogP contribution in [-0.4, -0.2) is 17.4 Å². The summed E-state index contributed by atoms with van der Waals surface area (Å²) in [5, 5.41) is 0. The molecule has 2 N–H and O–H groups in total. The summed E-state index contributed by atoms with van der Waals surface area (Å²) < 4.78 is 5.51. The van der Waals surface area contributed by atoms with E-state index in [-0.39, 0.29) is 5.78 Å². The maximum atomic E-state index is 12.7. The summed E-state index contributed by atoms with van der Waals surface area (Å²) in [5.74, 6) is 0.412. The van der Waals surface area contributed by atoms with Crippen LogP contribution in [-0.2, 0) is 5.54 Å². The van der Waals surface area contributed by atoms with Gasteiger partial charge in [-0.1, -0.05) is 37.3 Å². The van der Waals surface area contributed by atoms with Gasteiger partial charge in [0.1, 0.15) is 11.3 Å². The van der Waals surface area contributed by atoms with Crippen LogP contribution in [0.25, 0.3) is 0 Å². The number of carbonyl (C=O) groups is 1. The third kappa shape index (κ3) is 3.47. The van der Waals surface area contributed by atoms with E-state index in [1.165, 1.54) is 6.20 Å². The first kappa shape index (κ1) is 15.2. The molecule has 2 aromatic rings. The van der Waals surface area contributed by atoms with E-state index in [9.17, 15) is 4.79 Å². The van der Waals surface area contributed by atoms with E-state index in [1.807, 2.05) is 37.3 Å². The molecule has 1 atom stereocenters. The highest BCUT2D eigenvalue weighted by Crippen LogP contribution is 2.24. The number of ether oxygens (including phenoxy) is 1. The van der Waals surface area contributed by atoms with Crippen LogP contribution in [0.4, 0.5) is 0 Å². The van der Waals surface area contributed by atoms with Crippen molar-refractivity contribution in [2.45, 2.75) is 25.8 Å². The monoisotopic (exact) mass is 284 g/mol. The van der Waals surface area contributed by atoms with E-state index in [0.29, 0.717) is 17.9 Å². The Balaban J connectivity index is 2.27. The van der Waals surface area contributed by atoms with Crippen molar-refractivity contribution in [1.82, 2.24) is 4.98 Å². The van der Waals surface area contributed by atoms with Crippen LogP contribution < -0.4 is 10.5 Å². The van der Waals surface area contributed by atoms with Gasteiger partial charge in [-0.15, -0.1) is 0 Å². The lowest BCUT2D eigenvalue weighted by Gasteiger charge is -2.23. The minimum absolute atomic E-state index is 0.178. The first-order valence-electron chi connectivity index (χ1n) is 7.02. The third-order valence-corrected chi connectivity index (χ3v) is 3.29. The van der Waals surface area contributed by atoms with Crippen molar-refractivity contribution in [3.8, 4) is 5.75 Å². The standard InChI is InChI=1S/C17H20N2O2/c1-3-9-21-15-10-13(11-19-12-15)16(20)17(2,18)14-7-5-4-6-8-14/h4-8,10-12H,3,9,18H2,1-2H3. The van der Waals surface area contributed by atoms with Crippen molar-refractivity contribution in [3.05, 3.63) is 59.9 Å². The van der Waals surface area contributed by atoms with Gasteiger partial charge >= 0.3 is 0 Å². The van der Waals surface area contributed by atoms with Crippen LogP contribution in [0.1, 0.15) is 36.2 Å². The number of nitrogens with two attached hydrogens (primary N) is 1. The number of Topliss-reactive ketones (excluding diaryl/α,β-unsaturated/α-hetero) is 1. The molecule has 4 heteroatoms. The Bertz CT molecular complexity index is 609. The lowest BCUT2D eigenvalue weighted by atomic mass is 9.86. The molecule has 0 bridgehead atoms. The SMILES string of the molecule is CCCOc1cncc(C(=O)C(C)(N)c2ccccc2)c1. The summed E-state index contributed by atoms with van der Waals surface area (Å²) in [6.45, 7) is 4.33. The number of nitrogens with zero attached hydrogens (tertiary/aromatic N) is 1. The molecule has 110 valence electrons. The van der Waals surface area contributed by atoms with Crippen molar-refractivity contribution in [2.75, 3.05) is 6.61 Å². The molecular formula is C17H20N2O2. The number of aromatic nitrogens is 1. The topological polar surface area (TPSA) is 65.2 Å². The molecule has 0 aliphatic heterocycles. The van der Waals surface area contributed by atoms with E-state index < -0.39 is 5.54 Å². The van der Waals surface area contributed by atoms with Crippen LogP contribution in [0.15, 0.2) is 48.8 Å². The van der Waals surface area contributed by atoms with E-state index in [2.05, 4.69) is 4.98 Å². The fourth-order valence-corrected chi connectivity index (χ4v) is 2.06. The van der Waals surface area contributed by atoms with E-state index in [0.717, 1.165) is 12.0 Å². The number of benzene rings is 1. The molecule has 0 amide bonds. The van der Waals surface area contributed by atoms with Crippen LogP contribution in [0.5, 0.6) is 5.75 Å². The van der Waals surface area contributed by atoms with E-state index in [1.54, 1.807) is 19.2 Å². The predicted molar refractivity (Wildman–Crippen MR) is 82.3 cm³/mol. The minimum Gasteiger partial charge on any atom is -0.492 e. The first-order chi connectivity index (χ1) is 10.1. The maximum Gasteiger partial charge on any atom is 0.188 e. The number of carbonyl (C=O) groups excluding carboxylic acids is 1. The summed E-state index contributed by atoms with van der Waals surface area (Å²) in [7, 11) is 0. The van der Waals surface area contributed by atoms with Crippen LogP contribution >= 0.6 is 0 Å². The van der Waals surface area contributed by atoms with Gasteiger partial charge in [-0.05, 0) is 25.0 Å². The maximum absolute atomic E-state index is 12.7. The first-order valence-corrected chi connectivity index (χ1v) is 7.02. The van der Waals surface area contributed by atoms with Gasteiger partial charge in [0.2, 0.25) is 0 Å². The van der Waals surface area contributed by atoms with Crippen LogP contribution in [0.2, 0.25) is 0 Å². The molecule has 4 nitrogen and oxygen atoms in total. The molecule has 0 saturated heterocycles. The average Bonchev–Trinajstić information content (AvgIpc) is 2.53. The van der Waals surface area contributed by atoms with E-state index >= 15 is 0 Å². The number of hydrogen-bond acceptors (Lipinski definition) is 4. The molecule has 0 radical (unpaired) electrons. The zero-order valence-corrected chi connectivity index (χ0v) is 12.4. The van der Waals surface area contributed by atoms with Gasteiger partial charge in [0.15, 0.2) is 5.78 Å². The molecule has 0 saturated carbocycles. The summed E-state index contributed by atoms with van der Waals surface area (Å²) >= 11 is 0. The average molecular weight is 284 g/mol. The highest BCUT2D eigenvalue weighted by Gasteiger charge is 2.31. The normalized spacial score (nSPS) is 13.5. The minimum atomic E-state index is -1.09. The Hall–Kier alpha value is -2.20. The molecule has 1 aromatic carbocycles. The summed E-state index contributed by atoms with van der Waals surface area (Å²) in [5.41, 5.74) is 6.38. The number of rotatable bonds is 6. The van der Waals surface area contributed by atoms with Crippen molar-refractivity contribution < 1.29 is 9.53 Å². The zero-order valence-electron chi connectivity index (χ0n) is 12.4. The largest absolute Gasteiger partial charge is 0.492 e. The molecule has 0 aliphatic rings. The molecule has 1 aromatic heterocycles. The van der Waals surface area contributed by atoms with Crippen molar-refractivity contribution in [1.29, 1.82) is 0 Å². The second-order valence-electron chi connectivity index (χ2n) is 5.16. The summed E-state index contributed by atoms with van der Waals surface area (Å²) in [6, 6.07) is 11.0. The second-order valence-corrected chi connectivity index (χ2v) is 5.16. The highest BCUT2D eigenvalue weighted by atomic mass is 16.5. The Morgan fingerprint density at radius 2 is 2.00 bits per heavy atom. The number of pyridine rings is 1. The molecule has 0 aliphatic carbocycles. The Morgan fingerprint density at radius 3 is 2.67 bits per heavy atom. The van der Waals surface area contributed by atoms with Crippen LogP contribution in [0, 0.1) is 0 Å². The van der Waals surface area contributed by atoms with Gasteiger partial charge in [-0.3, -0.25) is 9.78 Å². The third-order valence-electron chi connectivity index (χ3n) is 3.29. The lowest BCUT2D eigenvalue weighted by Crippen LogP contribution is -2.41. The van der Waals surface area contributed by atoms with Crippen molar-refractivity contribution in [2.24, 2.45) is 5.73 Å². The molecule has 0 spiro atoms. The highest BCUT2D eigenvalue weighted by molar-refractivity contribution is 6.03. The smallest absolute Gasteiger partial charge is 0.188 e. The van der Waals surface area contributed by atoms with E-state index in [4.69, 9.17) is 10.5 Å². The van der Waals surface area contributed by atoms with Crippen molar-refractivity contribution >= 4 is 5.78 Å². The quantitative estimate of drug-likeness (QED) is 0.828. The van der Waals surface area contributed by atoms with Gasteiger partial charge in [0, 0.05) is 11.8 Å². The molecule has 1 heterocycles. The molecular weight excluding hydrogens is 264 g/mol. The fourth-order valence-electron chi connectivity index (χ4n) is 2.06. The predicted octanol–water partition coefficient (Wildman–Crippen LogP) is 2.93. The Morgan fingerprint density at radius 1 is 1.29 bits per heavy atom. The fraction of sp³-hybridized carbons (Fsp3) is 0.294. The lowest BCUT2D eigenvalue weighted by molar-refractivity contribution is 0.0899. The summed E-state index contributed by atoms with van der Waals surface area (Å²) in [4.78, 5) is 16.7. The van der Waals surface area contributed by atoms with Crippen molar-refractivity contribution in [3.63, 3.8) is 0 Å². The second kappa shape index (κ2) is 6.50. The molecule has 0 fully saturated rings.